The van der Waals surface area contributed by atoms with Crippen LogP contribution in [0.3, 0.4) is 0 Å². The maximum Gasteiger partial charge on any atom is 0.138 e. The fourth-order valence-electron chi connectivity index (χ4n) is 1.39. The lowest BCUT2D eigenvalue weighted by atomic mass is 10.1. The second-order valence-electron chi connectivity index (χ2n) is 3.52. The molecule has 1 rings (SSSR count). The zero-order chi connectivity index (χ0) is 12.0. The summed E-state index contributed by atoms with van der Waals surface area (Å²) in [5, 5.41) is 4.23. The van der Waals surface area contributed by atoms with Gasteiger partial charge >= 0.3 is 0 Å². The first-order valence-corrected chi connectivity index (χ1v) is 6.06. The topological polar surface area (TPSA) is 29.1 Å². The van der Waals surface area contributed by atoms with Crippen LogP contribution in [0, 0.1) is 0 Å². The van der Waals surface area contributed by atoms with Crippen molar-refractivity contribution in [3.63, 3.8) is 0 Å². The fraction of sp³-hybridized carbons (Fsp3) is 0.417. The summed E-state index contributed by atoms with van der Waals surface area (Å²) in [5.41, 5.74) is 0.729. The molecule has 0 spiro atoms. The first-order chi connectivity index (χ1) is 7.65. The molecule has 16 heavy (non-hydrogen) atoms. The molecule has 4 heteroatoms. The maximum atomic E-state index is 11.6. The van der Waals surface area contributed by atoms with Crippen molar-refractivity contribution in [1.82, 2.24) is 5.32 Å². The average Bonchev–Trinajstić information content (AvgIpc) is 2.24. The third kappa shape index (κ3) is 4.12. The largest absolute Gasteiger partial charge is 0.317 e. The minimum Gasteiger partial charge on any atom is -0.317 e. The Balaban J connectivity index is 2.56. The van der Waals surface area contributed by atoms with E-state index in [2.05, 4.69) is 5.32 Å². The molecule has 1 aromatic rings. The summed E-state index contributed by atoms with van der Waals surface area (Å²) in [5.74, 6) is 0.149. The Morgan fingerprint density at radius 2 is 1.94 bits per heavy atom. The lowest BCUT2D eigenvalue weighted by Gasteiger charge is -2.06. The van der Waals surface area contributed by atoms with Gasteiger partial charge in [0.2, 0.25) is 0 Å². The minimum absolute atomic E-state index is 0.149. The van der Waals surface area contributed by atoms with Gasteiger partial charge in [-0.3, -0.25) is 4.79 Å². The van der Waals surface area contributed by atoms with Crippen molar-refractivity contribution in [2.45, 2.75) is 19.8 Å². The summed E-state index contributed by atoms with van der Waals surface area (Å²) in [6.45, 7) is 3.59. The van der Waals surface area contributed by atoms with Crippen LogP contribution in [0.4, 0.5) is 0 Å². The third-order valence-electron chi connectivity index (χ3n) is 2.27. The van der Waals surface area contributed by atoms with Gasteiger partial charge in [0.05, 0.1) is 0 Å². The number of carbonyl (C=O) groups excluding carboxylic acids is 1. The summed E-state index contributed by atoms with van der Waals surface area (Å²) in [6.07, 6.45) is 0.819. The van der Waals surface area contributed by atoms with Crippen LogP contribution in [0.25, 0.3) is 0 Å². The molecule has 0 aromatic heterocycles. The highest BCUT2D eigenvalue weighted by Crippen LogP contribution is 2.24. The second kappa shape index (κ2) is 6.89. The third-order valence-corrected chi connectivity index (χ3v) is 2.97. The Morgan fingerprint density at radius 3 is 2.50 bits per heavy atom. The van der Waals surface area contributed by atoms with Gasteiger partial charge in [0, 0.05) is 29.4 Å². The number of halogens is 2. The molecule has 0 saturated carbocycles. The molecule has 0 aliphatic heterocycles. The van der Waals surface area contributed by atoms with Gasteiger partial charge in [-0.15, -0.1) is 0 Å². The highest BCUT2D eigenvalue weighted by Gasteiger charge is 2.10. The van der Waals surface area contributed by atoms with Crippen LogP contribution in [0.5, 0.6) is 0 Å². The second-order valence-corrected chi connectivity index (χ2v) is 4.33. The Labute approximate surface area is 106 Å². The average molecular weight is 260 g/mol. The highest BCUT2D eigenvalue weighted by molar-refractivity contribution is 6.36. The van der Waals surface area contributed by atoms with E-state index in [0.29, 0.717) is 29.4 Å². The molecule has 0 radical (unpaired) electrons. The van der Waals surface area contributed by atoms with Crippen molar-refractivity contribution in [3.8, 4) is 0 Å². The predicted molar refractivity (Wildman–Crippen MR) is 68.3 cm³/mol. The lowest BCUT2D eigenvalue weighted by molar-refractivity contribution is -0.118. The molecule has 0 unspecified atom stereocenters. The number of rotatable bonds is 6. The Hall–Kier alpha value is -0.570. The Morgan fingerprint density at radius 1 is 1.31 bits per heavy atom. The van der Waals surface area contributed by atoms with E-state index in [1.165, 1.54) is 0 Å². The summed E-state index contributed by atoms with van der Waals surface area (Å²) in [4.78, 5) is 11.6. The summed E-state index contributed by atoms with van der Waals surface area (Å²) < 4.78 is 0. The number of hydrogen-bond donors (Lipinski definition) is 1. The molecule has 0 aliphatic carbocycles. The van der Waals surface area contributed by atoms with Gasteiger partial charge < -0.3 is 5.32 Å². The van der Waals surface area contributed by atoms with Crippen LogP contribution in [0.15, 0.2) is 18.2 Å². The molecule has 0 atom stereocenters. The standard InChI is InChI=1S/C12H15Cl2NO/c1-2-15-7-6-9(16)8-10-11(13)4-3-5-12(10)14/h3-5,15H,2,6-8H2,1H3. The van der Waals surface area contributed by atoms with E-state index in [4.69, 9.17) is 23.2 Å². The molecule has 0 saturated heterocycles. The molecule has 1 aromatic carbocycles. The van der Waals surface area contributed by atoms with Gasteiger partial charge in [0.25, 0.3) is 0 Å². The molecule has 0 bridgehead atoms. The van der Waals surface area contributed by atoms with Crippen molar-refractivity contribution >= 4 is 29.0 Å². The van der Waals surface area contributed by atoms with Crippen LogP contribution < -0.4 is 5.32 Å². The predicted octanol–water partition coefficient (Wildman–Crippen LogP) is 3.10. The van der Waals surface area contributed by atoms with Crippen molar-refractivity contribution in [2.24, 2.45) is 0 Å². The minimum atomic E-state index is 0.149. The summed E-state index contributed by atoms with van der Waals surface area (Å²) in [7, 11) is 0. The van der Waals surface area contributed by atoms with E-state index in [-0.39, 0.29) is 5.78 Å². The van der Waals surface area contributed by atoms with E-state index in [9.17, 15) is 4.79 Å². The van der Waals surface area contributed by atoms with Gasteiger partial charge in [0.1, 0.15) is 5.78 Å². The van der Waals surface area contributed by atoms with Gasteiger partial charge in [-0.2, -0.15) is 0 Å². The molecular weight excluding hydrogens is 245 g/mol. The normalized spacial score (nSPS) is 10.4. The van der Waals surface area contributed by atoms with Crippen molar-refractivity contribution < 1.29 is 4.79 Å². The zero-order valence-electron chi connectivity index (χ0n) is 9.22. The monoisotopic (exact) mass is 259 g/mol. The molecule has 88 valence electrons. The molecular formula is C12H15Cl2NO. The van der Waals surface area contributed by atoms with E-state index >= 15 is 0 Å². The maximum absolute atomic E-state index is 11.6. The molecule has 0 aliphatic rings. The zero-order valence-corrected chi connectivity index (χ0v) is 10.7. The van der Waals surface area contributed by atoms with Crippen LogP contribution in [0.1, 0.15) is 18.9 Å². The van der Waals surface area contributed by atoms with Crippen molar-refractivity contribution in [2.75, 3.05) is 13.1 Å². The van der Waals surface area contributed by atoms with E-state index < -0.39 is 0 Å². The summed E-state index contributed by atoms with van der Waals surface area (Å²) in [6, 6.07) is 5.28. The number of Topliss-reactive ketones (excluding diaryl/α,β-unsaturated/α-hetero) is 1. The molecule has 0 fully saturated rings. The van der Waals surface area contributed by atoms with Crippen molar-refractivity contribution in [3.05, 3.63) is 33.8 Å². The number of benzene rings is 1. The van der Waals surface area contributed by atoms with E-state index in [1.807, 2.05) is 6.92 Å². The van der Waals surface area contributed by atoms with E-state index in [1.54, 1.807) is 18.2 Å². The van der Waals surface area contributed by atoms with Crippen LogP contribution >= 0.6 is 23.2 Å². The highest BCUT2D eigenvalue weighted by atomic mass is 35.5. The van der Waals surface area contributed by atoms with Crippen LogP contribution in [-0.4, -0.2) is 18.9 Å². The first kappa shape index (κ1) is 13.5. The number of ketones is 1. The Kier molecular flexibility index (Phi) is 5.81. The van der Waals surface area contributed by atoms with Crippen LogP contribution in [0.2, 0.25) is 10.0 Å². The van der Waals surface area contributed by atoms with Crippen LogP contribution in [-0.2, 0) is 11.2 Å². The van der Waals surface area contributed by atoms with Gasteiger partial charge in [-0.1, -0.05) is 36.2 Å². The molecule has 0 heterocycles. The van der Waals surface area contributed by atoms with Gasteiger partial charge in [-0.05, 0) is 24.2 Å². The number of hydrogen-bond acceptors (Lipinski definition) is 2. The molecule has 1 N–H and O–H groups in total. The smallest absolute Gasteiger partial charge is 0.138 e. The quantitative estimate of drug-likeness (QED) is 0.796. The fourth-order valence-corrected chi connectivity index (χ4v) is 1.92. The number of nitrogens with one attached hydrogen (secondary N) is 1. The first-order valence-electron chi connectivity index (χ1n) is 5.30. The molecule has 2 nitrogen and oxygen atoms in total. The van der Waals surface area contributed by atoms with Crippen molar-refractivity contribution in [1.29, 1.82) is 0 Å². The Bertz CT molecular complexity index is 346. The van der Waals surface area contributed by atoms with Gasteiger partial charge in [-0.25, -0.2) is 0 Å². The molecule has 0 amide bonds. The van der Waals surface area contributed by atoms with E-state index in [0.717, 1.165) is 12.1 Å². The SMILES string of the molecule is CCNCCC(=O)Cc1c(Cl)cccc1Cl. The summed E-state index contributed by atoms with van der Waals surface area (Å²) >= 11 is 12.0. The number of carbonyl (C=O) groups is 1. The lowest BCUT2D eigenvalue weighted by Crippen LogP contribution is -2.18. The van der Waals surface area contributed by atoms with Gasteiger partial charge in [0.15, 0.2) is 0 Å².